The number of nitrogens with one attached hydrogen (secondary N) is 1. The van der Waals surface area contributed by atoms with Gasteiger partial charge < -0.3 is 9.72 Å². The lowest BCUT2D eigenvalue weighted by Gasteiger charge is -2.02. The van der Waals surface area contributed by atoms with Crippen molar-refractivity contribution in [3.63, 3.8) is 0 Å². The Balaban J connectivity index is 1.98. The maximum absolute atomic E-state index is 11.6. The molecule has 0 spiro atoms. The summed E-state index contributed by atoms with van der Waals surface area (Å²) in [4.78, 5) is 18.1. The predicted molar refractivity (Wildman–Crippen MR) is 64.2 cm³/mol. The molecule has 0 atom stereocenters. The highest BCUT2D eigenvalue weighted by atomic mass is 35.5. The van der Waals surface area contributed by atoms with Gasteiger partial charge in [-0.25, -0.2) is 4.79 Å². The van der Waals surface area contributed by atoms with Gasteiger partial charge in [0.2, 0.25) is 0 Å². The number of halogens is 2. The third-order valence-electron chi connectivity index (χ3n) is 2.04. The third-order valence-corrected chi connectivity index (χ3v) is 2.73. The van der Waals surface area contributed by atoms with E-state index in [2.05, 4.69) is 9.97 Å². The molecule has 0 aliphatic heterocycles. The van der Waals surface area contributed by atoms with E-state index in [0.29, 0.717) is 5.02 Å². The number of carbonyl (C=O) groups excluding carboxylic acids is 1. The van der Waals surface area contributed by atoms with Crippen molar-refractivity contribution >= 4 is 29.2 Å². The summed E-state index contributed by atoms with van der Waals surface area (Å²) in [5, 5.41) is 0.514. The number of carbonyl (C=O) groups is 1. The van der Waals surface area contributed by atoms with Crippen LogP contribution in [0.25, 0.3) is 0 Å². The molecule has 88 valence electrons. The molecular formula is C11H8Cl2N2O2. The topological polar surface area (TPSA) is 55.0 Å². The van der Waals surface area contributed by atoms with Gasteiger partial charge >= 0.3 is 5.97 Å². The third kappa shape index (κ3) is 2.99. The van der Waals surface area contributed by atoms with Gasteiger partial charge in [0.15, 0.2) is 0 Å². The normalized spacial score (nSPS) is 10.2. The largest absolute Gasteiger partial charge is 0.456 e. The van der Waals surface area contributed by atoms with Crippen molar-refractivity contribution in [3.05, 3.63) is 52.0 Å². The van der Waals surface area contributed by atoms with Gasteiger partial charge in [0.25, 0.3) is 0 Å². The van der Waals surface area contributed by atoms with Crippen molar-refractivity contribution in [1.29, 1.82) is 0 Å². The van der Waals surface area contributed by atoms with E-state index in [4.69, 9.17) is 27.9 Å². The molecule has 0 aromatic carbocycles. The number of hydrogen-bond donors (Lipinski definition) is 1. The van der Waals surface area contributed by atoms with Crippen LogP contribution >= 0.6 is 23.2 Å². The lowest BCUT2D eigenvalue weighted by Crippen LogP contribution is -2.05. The minimum Gasteiger partial charge on any atom is -0.456 e. The first-order chi connectivity index (χ1) is 8.16. The summed E-state index contributed by atoms with van der Waals surface area (Å²) in [6.07, 6.45) is 3.28. The molecule has 17 heavy (non-hydrogen) atoms. The van der Waals surface area contributed by atoms with Crippen molar-refractivity contribution in [2.24, 2.45) is 0 Å². The fraction of sp³-hybridized carbons (Fsp3) is 0.0909. The molecule has 0 saturated heterocycles. The lowest BCUT2D eigenvalue weighted by molar-refractivity contribution is 0.0466. The van der Waals surface area contributed by atoms with E-state index in [-0.39, 0.29) is 17.5 Å². The minimum absolute atomic E-state index is 0.154. The molecule has 0 fully saturated rings. The summed E-state index contributed by atoms with van der Waals surface area (Å²) in [7, 11) is 0. The van der Waals surface area contributed by atoms with E-state index in [9.17, 15) is 4.79 Å². The molecule has 2 rings (SSSR count). The molecule has 0 aliphatic carbocycles. The van der Waals surface area contributed by atoms with Crippen LogP contribution in [0.1, 0.15) is 16.1 Å². The van der Waals surface area contributed by atoms with Crippen LogP contribution in [0.4, 0.5) is 0 Å². The van der Waals surface area contributed by atoms with E-state index >= 15 is 0 Å². The van der Waals surface area contributed by atoms with Gasteiger partial charge in [-0.15, -0.1) is 0 Å². The van der Waals surface area contributed by atoms with Crippen molar-refractivity contribution < 1.29 is 9.53 Å². The standard InChI is InChI=1S/C11H8Cl2N2O2/c12-8-4-9(15-10(8)13)11(16)17-6-7-2-1-3-14-5-7/h1-5,15H,6H2. The van der Waals surface area contributed by atoms with Gasteiger partial charge in [-0.05, 0) is 12.1 Å². The quantitative estimate of drug-likeness (QED) is 0.873. The van der Waals surface area contributed by atoms with Gasteiger partial charge in [-0.2, -0.15) is 0 Å². The molecule has 0 bridgehead atoms. The summed E-state index contributed by atoms with van der Waals surface area (Å²) in [5.74, 6) is -0.511. The van der Waals surface area contributed by atoms with Gasteiger partial charge in [0.05, 0.1) is 5.02 Å². The molecule has 1 N–H and O–H groups in total. The molecule has 2 aromatic rings. The molecule has 6 heteroatoms. The van der Waals surface area contributed by atoms with Gasteiger partial charge in [-0.1, -0.05) is 29.3 Å². The first-order valence-electron chi connectivity index (χ1n) is 4.77. The highest BCUT2D eigenvalue weighted by Crippen LogP contribution is 2.22. The molecule has 0 unspecified atom stereocenters. The number of pyridine rings is 1. The van der Waals surface area contributed by atoms with Crippen molar-refractivity contribution in [2.45, 2.75) is 6.61 Å². The Labute approximate surface area is 108 Å². The van der Waals surface area contributed by atoms with Crippen LogP contribution in [0.3, 0.4) is 0 Å². The predicted octanol–water partition coefficient (Wildman–Crippen LogP) is 3.07. The molecule has 4 nitrogen and oxygen atoms in total. The Hall–Kier alpha value is -1.52. The summed E-state index contributed by atoms with van der Waals surface area (Å²) in [6, 6.07) is 5.01. The number of esters is 1. The first kappa shape index (κ1) is 12.0. The second-order valence-electron chi connectivity index (χ2n) is 3.28. The van der Waals surface area contributed by atoms with Crippen LogP contribution in [0, 0.1) is 0 Å². The Kier molecular flexibility index (Phi) is 3.66. The Morgan fingerprint density at radius 2 is 2.29 bits per heavy atom. The maximum atomic E-state index is 11.6. The fourth-order valence-electron chi connectivity index (χ4n) is 1.22. The monoisotopic (exact) mass is 270 g/mol. The Morgan fingerprint density at radius 1 is 1.47 bits per heavy atom. The molecule has 0 aliphatic rings. The fourth-order valence-corrected chi connectivity index (χ4v) is 1.54. The zero-order valence-electron chi connectivity index (χ0n) is 8.61. The highest BCUT2D eigenvalue weighted by molar-refractivity contribution is 6.41. The summed E-state index contributed by atoms with van der Waals surface area (Å²) in [6.45, 7) is 0.154. The van der Waals surface area contributed by atoms with Gasteiger partial charge in [0, 0.05) is 18.0 Å². The second-order valence-corrected chi connectivity index (χ2v) is 4.07. The number of hydrogen-bond acceptors (Lipinski definition) is 3. The SMILES string of the molecule is O=C(OCc1cccnc1)c1cc(Cl)c(Cl)[nH]1. The summed E-state index contributed by atoms with van der Waals surface area (Å²) >= 11 is 11.4. The number of ether oxygens (including phenoxy) is 1. The number of nitrogens with zero attached hydrogens (tertiary/aromatic N) is 1. The van der Waals surface area contributed by atoms with Crippen molar-refractivity contribution in [3.8, 4) is 0 Å². The van der Waals surface area contributed by atoms with Crippen LogP contribution in [0.15, 0.2) is 30.6 Å². The number of aromatic amines is 1. The van der Waals surface area contributed by atoms with Crippen molar-refractivity contribution in [1.82, 2.24) is 9.97 Å². The molecule has 0 amide bonds. The zero-order chi connectivity index (χ0) is 12.3. The average molecular weight is 271 g/mol. The maximum Gasteiger partial charge on any atom is 0.355 e. The highest BCUT2D eigenvalue weighted by Gasteiger charge is 2.12. The Bertz CT molecular complexity index is 506. The summed E-state index contributed by atoms with van der Waals surface area (Å²) in [5.41, 5.74) is 1.04. The summed E-state index contributed by atoms with van der Waals surface area (Å²) < 4.78 is 5.05. The minimum atomic E-state index is -0.511. The van der Waals surface area contributed by atoms with E-state index in [0.717, 1.165) is 5.56 Å². The van der Waals surface area contributed by atoms with E-state index < -0.39 is 5.97 Å². The van der Waals surface area contributed by atoms with Crippen LogP contribution < -0.4 is 0 Å². The first-order valence-corrected chi connectivity index (χ1v) is 5.52. The smallest absolute Gasteiger partial charge is 0.355 e. The Morgan fingerprint density at radius 3 is 2.88 bits per heavy atom. The van der Waals surface area contributed by atoms with Crippen LogP contribution in [0.2, 0.25) is 10.2 Å². The molecule has 2 aromatic heterocycles. The number of rotatable bonds is 3. The van der Waals surface area contributed by atoms with Crippen LogP contribution in [-0.4, -0.2) is 15.9 Å². The molecule has 2 heterocycles. The molecule has 0 saturated carbocycles. The number of H-pyrrole nitrogens is 1. The van der Waals surface area contributed by atoms with Gasteiger partial charge in [-0.3, -0.25) is 4.98 Å². The second kappa shape index (κ2) is 5.21. The number of aromatic nitrogens is 2. The van der Waals surface area contributed by atoms with E-state index in [1.165, 1.54) is 6.07 Å². The van der Waals surface area contributed by atoms with Crippen molar-refractivity contribution in [2.75, 3.05) is 0 Å². The zero-order valence-corrected chi connectivity index (χ0v) is 10.1. The van der Waals surface area contributed by atoms with Crippen LogP contribution in [-0.2, 0) is 11.3 Å². The van der Waals surface area contributed by atoms with E-state index in [1.54, 1.807) is 18.5 Å². The van der Waals surface area contributed by atoms with Gasteiger partial charge in [0.1, 0.15) is 17.5 Å². The average Bonchev–Trinajstić information content (AvgIpc) is 2.68. The van der Waals surface area contributed by atoms with Crippen LogP contribution in [0.5, 0.6) is 0 Å². The molecule has 0 radical (unpaired) electrons. The molecular weight excluding hydrogens is 263 g/mol. The van der Waals surface area contributed by atoms with E-state index in [1.807, 2.05) is 6.07 Å². The lowest BCUT2D eigenvalue weighted by atomic mass is 10.3.